The first kappa shape index (κ1) is 17.5. The van der Waals surface area contributed by atoms with Crippen LogP contribution in [0.25, 0.3) is 10.9 Å². The number of benzene rings is 2. The molecule has 1 aliphatic rings. The lowest BCUT2D eigenvalue weighted by Gasteiger charge is -2.28. The Kier molecular flexibility index (Phi) is 4.53. The van der Waals surface area contributed by atoms with Crippen molar-refractivity contribution in [3.8, 4) is 11.5 Å². The summed E-state index contributed by atoms with van der Waals surface area (Å²) in [7, 11) is 3.98. The number of anilines is 2. The number of aryl methyl sites for hydroxylation is 1. The van der Waals surface area contributed by atoms with Crippen LogP contribution in [0.15, 0.2) is 36.7 Å². The highest BCUT2D eigenvalue weighted by Crippen LogP contribution is 2.37. The van der Waals surface area contributed by atoms with Crippen molar-refractivity contribution >= 4 is 22.4 Å². The topological polar surface area (TPSA) is 59.5 Å². The number of hydrogen-bond acceptors (Lipinski definition) is 6. The average molecular weight is 368 g/mol. The standard InChI is InChI=1S/C20H21FN4O2/c1-12-5-4-6-15(19(12)21)24-20-14-7-18-17(8-16(14)22-11-23-20)26-10-13(27-18)9-25(2)3/h4-8,11,13H,9-10H2,1-3H3,(H,22,23,24)/t13-/m0/s1. The van der Waals surface area contributed by atoms with Crippen molar-refractivity contribution in [1.29, 1.82) is 0 Å². The molecule has 7 heteroatoms. The van der Waals surface area contributed by atoms with Gasteiger partial charge in [-0.1, -0.05) is 12.1 Å². The minimum absolute atomic E-state index is 0.0554. The molecule has 140 valence electrons. The number of hydrogen-bond donors (Lipinski definition) is 1. The van der Waals surface area contributed by atoms with E-state index in [1.165, 1.54) is 6.33 Å². The number of ether oxygens (including phenoxy) is 2. The molecule has 27 heavy (non-hydrogen) atoms. The monoisotopic (exact) mass is 368 g/mol. The minimum Gasteiger partial charge on any atom is -0.486 e. The molecule has 0 spiro atoms. The number of rotatable bonds is 4. The minimum atomic E-state index is -0.298. The maximum Gasteiger partial charge on any atom is 0.163 e. The van der Waals surface area contributed by atoms with Gasteiger partial charge in [-0.3, -0.25) is 0 Å². The van der Waals surface area contributed by atoms with Crippen LogP contribution in [0.5, 0.6) is 11.5 Å². The first-order chi connectivity index (χ1) is 13.0. The third-order valence-corrected chi connectivity index (χ3v) is 4.43. The number of likely N-dealkylation sites (N-methyl/N-ethyl adjacent to an activating group) is 1. The second kappa shape index (κ2) is 7.00. The molecule has 0 amide bonds. The fourth-order valence-corrected chi connectivity index (χ4v) is 3.13. The second-order valence-electron chi connectivity index (χ2n) is 6.91. The van der Waals surface area contributed by atoms with E-state index in [2.05, 4.69) is 20.2 Å². The molecule has 0 aliphatic carbocycles. The van der Waals surface area contributed by atoms with Crippen molar-refractivity contribution < 1.29 is 13.9 Å². The number of fused-ring (bicyclic) bond motifs is 2. The number of nitrogens with zero attached hydrogens (tertiary/aromatic N) is 3. The van der Waals surface area contributed by atoms with Gasteiger partial charge in [0.05, 0.1) is 11.2 Å². The van der Waals surface area contributed by atoms with Crippen molar-refractivity contribution in [2.75, 3.05) is 32.6 Å². The van der Waals surface area contributed by atoms with E-state index in [9.17, 15) is 4.39 Å². The third-order valence-electron chi connectivity index (χ3n) is 4.43. The lowest BCUT2D eigenvalue weighted by atomic mass is 10.1. The Hall–Kier alpha value is -2.93. The third kappa shape index (κ3) is 3.50. The lowest BCUT2D eigenvalue weighted by molar-refractivity contribution is 0.0713. The van der Waals surface area contributed by atoms with Crippen LogP contribution in [0.3, 0.4) is 0 Å². The Labute approximate surface area is 156 Å². The molecule has 4 rings (SSSR count). The zero-order valence-corrected chi connectivity index (χ0v) is 15.5. The first-order valence-corrected chi connectivity index (χ1v) is 8.76. The molecule has 2 heterocycles. The zero-order chi connectivity index (χ0) is 19.0. The van der Waals surface area contributed by atoms with Crippen molar-refractivity contribution in [2.24, 2.45) is 0 Å². The van der Waals surface area contributed by atoms with Gasteiger partial charge in [0.1, 0.15) is 30.7 Å². The van der Waals surface area contributed by atoms with Gasteiger partial charge in [-0.05, 0) is 38.7 Å². The van der Waals surface area contributed by atoms with Crippen molar-refractivity contribution in [2.45, 2.75) is 13.0 Å². The van der Waals surface area contributed by atoms with Gasteiger partial charge < -0.3 is 19.7 Å². The summed E-state index contributed by atoms with van der Waals surface area (Å²) in [6, 6.07) is 8.89. The molecular weight excluding hydrogens is 347 g/mol. The predicted octanol–water partition coefficient (Wildman–Crippen LogP) is 3.52. The maximum absolute atomic E-state index is 14.4. The molecule has 1 atom stereocenters. The summed E-state index contributed by atoms with van der Waals surface area (Å²) in [5.41, 5.74) is 1.64. The molecule has 1 N–H and O–H groups in total. The van der Waals surface area contributed by atoms with E-state index in [1.54, 1.807) is 25.1 Å². The Morgan fingerprint density at radius 1 is 1.22 bits per heavy atom. The fraction of sp³-hybridized carbons (Fsp3) is 0.300. The lowest BCUT2D eigenvalue weighted by Crippen LogP contribution is -2.37. The summed E-state index contributed by atoms with van der Waals surface area (Å²) in [5.74, 6) is 1.52. The smallest absolute Gasteiger partial charge is 0.163 e. The van der Waals surface area contributed by atoms with Gasteiger partial charge in [-0.2, -0.15) is 0 Å². The molecule has 0 fully saturated rings. The van der Waals surface area contributed by atoms with Gasteiger partial charge in [-0.15, -0.1) is 0 Å². The van der Waals surface area contributed by atoms with Gasteiger partial charge >= 0.3 is 0 Å². The maximum atomic E-state index is 14.4. The molecule has 6 nitrogen and oxygen atoms in total. The largest absolute Gasteiger partial charge is 0.486 e. The highest BCUT2D eigenvalue weighted by Gasteiger charge is 2.23. The molecule has 0 unspecified atom stereocenters. The van der Waals surface area contributed by atoms with E-state index < -0.39 is 0 Å². The quantitative estimate of drug-likeness (QED) is 0.760. The van der Waals surface area contributed by atoms with Crippen LogP contribution in [0.1, 0.15) is 5.56 Å². The molecule has 0 bridgehead atoms. The molecule has 3 aromatic rings. The molecule has 0 saturated carbocycles. The summed E-state index contributed by atoms with van der Waals surface area (Å²) in [5, 5.41) is 3.82. The molecule has 2 aromatic carbocycles. The van der Waals surface area contributed by atoms with E-state index in [1.807, 2.05) is 26.2 Å². The second-order valence-corrected chi connectivity index (χ2v) is 6.91. The summed E-state index contributed by atoms with van der Waals surface area (Å²) in [6.07, 6.45) is 1.39. The zero-order valence-electron chi connectivity index (χ0n) is 15.5. The van der Waals surface area contributed by atoms with Crippen LogP contribution in [-0.2, 0) is 0 Å². The van der Waals surface area contributed by atoms with Gasteiger partial charge in [-0.25, -0.2) is 14.4 Å². The highest BCUT2D eigenvalue weighted by atomic mass is 19.1. The average Bonchev–Trinajstić information content (AvgIpc) is 2.64. The summed E-state index contributed by atoms with van der Waals surface area (Å²) >= 11 is 0. The molecule has 1 aromatic heterocycles. The Morgan fingerprint density at radius 3 is 2.89 bits per heavy atom. The van der Waals surface area contributed by atoms with Crippen molar-refractivity contribution in [3.63, 3.8) is 0 Å². The van der Waals surface area contributed by atoms with Gasteiger partial charge in [0.15, 0.2) is 11.5 Å². The van der Waals surface area contributed by atoms with Crippen LogP contribution < -0.4 is 14.8 Å². The Morgan fingerprint density at radius 2 is 2.07 bits per heavy atom. The summed E-state index contributed by atoms with van der Waals surface area (Å²) in [6.45, 7) is 2.97. The van der Waals surface area contributed by atoms with E-state index in [4.69, 9.17) is 9.47 Å². The van der Waals surface area contributed by atoms with Crippen molar-refractivity contribution in [3.05, 3.63) is 48.0 Å². The predicted molar refractivity (Wildman–Crippen MR) is 102 cm³/mol. The summed E-state index contributed by atoms with van der Waals surface area (Å²) in [4.78, 5) is 10.7. The Balaban J connectivity index is 1.71. The van der Waals surface area contributed by atoms with Gasteiger partial charge in [0.2, 0.25) is 0 Å². The Bertz CT molecular complexity index is 993. The van der Waals surface area contributed by atoms with Crippen LogP contribution in [0.4, 0.5) is 15.9 Å². The van der Waals surface area contributed by atoms with Crippen LogP contribution >= 0.6 is 0 Å². The molecule has 1 aliphatic heterocycles. The first-order valence-electron chi connectivity index (χ1n) is 8.76. The van der Waals surface area contributed by atoms with E-state index in [-0.39, 0.29) is 11.9 Å². The SMILES string of the molecule is Cc1cccc(Nc2ncnc3cc4c(cc23)O[C@@H](CN(C)C)CO4)c1F. The van der Waals surface area contributed by atoms with E-state index in [0.717, 1.165) is 11.9 Å². The van der Waals surface area contributed by atoms with E-state index >= 15 is 0 Å². The molecule has 0 saturated heterocycles. The van der Waals surface area contributed by atoms with Crippen LogP contribution in [-0.4, -0.2) is 48.2 Å². The number of aromatic nitrogens is 2. The van der Waals surface area contributed by atoms with Crippen LogP contribution in [0, 0.1) is 12.7 Å². The van der Waals surface area contributed by atoms with E-state index in [0.29, 0.717) is 40.7 Å². The molecule has 0 radical (unpaired) electrons. The normalized spacial score (nSPS) is 16.0. The number of halogens is 1. The fourth-order valence-electron chi connectivity index (χ4n) is 3.13. The summed E-state index contributed by atoms with van der Waals surface area (Å²) < 4.78 is 26.3. The van der Waals surface area contributed by atoms with Crippen molar-refractivity contribution in [1.82, 2.24) is 14.9 Å². The van der Waals surface area contributed by atoms with Crippen LogP contribution in [0.2, 0.25) is 0 Å². The van der Waals surface area contributed by atoms with Gasteiger partial charge in [0.25, 0.3) is 0 Å². The van der Waals surface area contributed by atoms with Gasteiger partial charge in [0, 0.05) is 18.0 Å². The number of nitrogens with one attached hydrogen (secondary N) is 1. The highest BCUT2D eigenvalue weighted by molar-refractivity contribution is 5.93. The molecular formula is C20H21FN4O2.